The Morgan fingerprint density at radius 3 is 2.38 bits per heavy atom. The van der Waals surface area contributed by atoms with E-state index in [1.165, 1.54) is 26.0 Å². The molecule has 1 amide bonds. The number of carbonyl (C=O) groups excluding carboxylic acids is 1. The van der Waals surface area contributed by atoms with Gasteiger partial charge in [-0.15, -0.1) is 11.8 Å². The first-order chi connectivity index (χ1) is 11.4. The Balaban J connectivity index is 2.10. The van der Waals surface area contributed by atoms with Crippen molar-refractivity contribution in [3.63, 3.8) is 0 Å². The summed E-state index contributed by atoms with van der Waals surface area (Å²) in [6.07, 6.45) is 0. The van der Waals surface area contributed by atoms with E-state index in [0.29, 0.717) is 27.9 Å². The average Bonchev–Trinajstić information content (AvgIpc) is 2.57. The van der Waals surface area contributed by atoms with E-state index in [0.717, 1.165) is 4.90 Å². The number of hydrogen-bond donors (Lipinski definition) is 2. The standard InChI is InChI=1S/C17H19ClN2O3S/c1-10(24-12-6-4-11(19)5-7-12)17(21)20-14-8-13(18)15(22-2)9-16(14)23-3/h4-10H,19H2,1-3H3,(H,20,21). The summed E-state index contributed by atoms with van der Waals surface area (Å²) in [5.41, 5.74) is 6.85. The van der Waals surface area contributed by atoms with Crippen molar-refractivity contribution in [3.05, 3.63) is 41.4 Å². The number of nitrogens with one attached hydrogen (secondary N) is 1. The van der Waals surface area contributed by atoms with E-state index in [2.05, 4.69) is 5.32 Å². The lowest BCUT2D eigenvalue weighted by Gasteiger charge is -2.16. The van der Waals surface area contributed by atoms with E-state index in [4.69, 9.17) is 26.8 Å². The summed E-state index contributed by atoms with van der Waals surface area (Å²) in [4.78, 5) is 13.4. The molecule has 7 heteroatoms. The zero-order chi connectivity index (χ0) is 17.7. The van der Waals surface area contributed by atoms with Gasteiger partial charge in [-0.2, -0.15) is 0 Å². The summed E-state index contributed by atoms with van der Waals surface area (Å²) in [5.74, 6) is 0.807. The molecule has 0 spiro atoms. The van der Waals surface area contributed by atoms with Crippen LogP contribution in [0, 0.1) is 0 Å². The molecule has 2 rings (SSSR count). The van der Waals surface area contributed by atoms with E-state index >= 15 is 0 Å². The largest absolute Gasteiger partial charge is 0.495 e. The first-order valence-electron chi connectivity index (χ1n) is 7.19. The number of ether oxygens (including phenoxy) is 2. The molecule has 5 nitrogen and oxygen atoms in total. The van der Waals surface area contributed by atoms with Gasteiger partial charge in [-0.05, 0) is 37.3 Å². The fraction of sp³-hybridized carbons (Fsp3) is 0.235. The fourth-order valence-electron chi connectivity index (χ4n) is 2.00. The molecule has 0 aliphatic carbocycles. The van der Waals surface area contributed by atoms with Crippen LogP contribution in [0.2, 0.25) is 5.02 Å². The van der Waals surface area contributed by atoms with Crippen LogP contribution in [0.4, 0.5) is 11.4 Å². The molecule has 0 saturated carbocycles. The van der Waals surface area contributed by atoms with Crippen molar-refractivity contribution in [2.45, 2.75) is 17.1 Å². The van der Waals surface area contributed by atoms with Gasteiger partial charge >= 0.3 is 0 Å². The van der Waals surface area contributed by atoms with Crippen LogP contribution >= 0.6 is 23.4 Å². The molecule has 0 aromatic heterocycles. The Morgan fingerprint density at radius 1 is 1.17 bits per heavy atom. The van der Waals surface area contributed by atoms with Crippen molar-refractivity contribution in [2.75, 3.05) is 25.3 Å². The number of hydrogen-bond acceptors (Lipinski definition) is 5. The summed E-state index contributed by atoms with van der Waals surface area (Å²) < 4.78 is 10.4. The summed E-state index contributed by atoms with van der Waals surface area (Å²) in [7, 11) is 3.04. The Morgan fingerprint density at radius 2 is 1.79 bits per heavy atom. The van der Waals surface area contributed by atoms with Crippen LogP contribution in [-0.2, 0) is 4.79 Å². The summed E-state index contributed by atoms with van der Waals surface area (Å²) in [6.45, 7) is 1.83. The second-order valence-corrected chi connectivity index (χ2v) is 6.83. The molecule has 1 unspecified atom stereocenters. The van der Waals surface area contributed by atoms with Crippen molar-refractivity contribution in [3.8, 4) is 11.5 Å². The van der Waals surface area contributed by atoms with Gasteiger partial charge in [-0.1, -0.05) is 11.6 Å². The SMILES string of the molecule is COc1cc(OC)c(NC(=O)C(C)Sc2ccc(N)cc2)cc1Cl. The molecule has 0 saturated heterocycles. The molecule has 0 bridgehead atoms. The highest BCUT2D eigenvalue weighted by Crippen LogP contribution is 2.36. The Kier molecular flexibility index (Phi) is 6.23. The molecule has 2 aromatic rings. The number of methoxy groups -OCH3 is 2. The van der Waals surface area contributed by atoms with Gasteiger partial charge in [0.1, 0.15) is 11.5 Å². The second kappa shape index (κ2) is 8.17. The van der Waals surface area contributed by atoms with Gasteiger partial charge < -0.3 is 20.5 Å². The molecule has 0 aliphatic rings. The van der Waals surface area contributed by atoms with E-state index in [1.54, 1.807) is 24.3 Å². The number of rotatable bonds is 6. The Labute approximate surface area is 150 Å². The van der Waals surface area contributed by atoms with Crippen LogP contribution in [-0.4, -0.2) is 25.4 Å². The maximum Gasteiger partial charge on any atom is 0.237 e. The van der Waals surface area contributed by atoms with Crippen molar-refractivity contribution in [2.24, 2.45) is 0 Å². The number of nitrogens with two attached hydrogens (primary N) is 1. The predicted molar refractivity (Wildman–Crippen MR) is 99.4 cm³/mol. The third-order valence-corrected chi connectivity index (χ3v) is 4.70. The van der Waals surface area contributed by atoms with Crippen molar-refractivity contribution in [1.82, 2.24) is 0 Å². The van der Waals surface area contributed by atoms with Crippen LogP contribution in [0.1, 0.15) is 6.92 Å². The Bertz CT molecular complexity index is 723. The fourth-order valence-corrected chi connectivity index (χ4v) is 3.10. The summed E-state index contributed by atoms with van der Waals surface area (Å²) >= 11 is 7.56. The molecule has 24 heavy (non-hydrogen) atoms. The molecule has 1 atom stereocenters. The molecule has 0 aliphatic heterocycles. The molecular weight excluding hydrogens is 348 g/mol. The predicted octanol–water partition coefficient (Wildman–Crippen LogP) is 4.06. The van der Waals surface area contributed by atoms with Crippen molar-refractivity contribution < 1.29 is 14.3 Å². The summed E-state index contributed by atoms with van der Waals surface area (Å²) in [6, 6.07) is 10.6. The third kappa shape index (κ3) is 4.49. The van der Waals surface area contributed by atoms with Gasteiger partial charge in [0.05, 0.1) is 30.2 Å². The van der Waals surface area contributed by atoms with Gasteiger partial charge in [0.25, 0.3) is 0 Å². The maximum absolute atomic E-state index is 12.4. The maximum atomic E-state index is 12.4. The molecule has 0 heterocycles. The minimum atomic E-state index is -0.306. The first kappa shape index (κ1) is 18.3. The minimum Gasteiger partial charge on any atom is -0.495 e. The monoisotopic (exact) mass is 366 g/mol. The number of thioether (sulfide) groups is 1. The molecule has 2 aromatic carbocycles. The minimum absolute atomic E-state index is 0.156. The lowest BCUT2D eigenvalue weighted by molar-refractivity contribution is -0.115. The van der Waals surface area contributed by atoms with Gasteiger partial charge in [0, 0.05) is 16.6 Å². The highest BCUT2D eigenvalue weighted by atomic mass is 35.5. The number of anilines is 2. The van der Waals surface area contributed by atoms with Crippen LogP contribution in [0.3, 0.4) is 0 Å². The highest BCUT2D eigenvalue weighted by Gasteiger charge is 2.18. The van der Waals surface area contributed by atoms with E-state index in [1.807, 2.05) is 19.1 Å². The topological polar surface area (TPSA) is 73.6 Å². The molecule has 128 valence electrons. The number of benzene rings is 2. The van der Waals surface area contributed by atoms with Crippen molar-refractivity contribution >= 4 is 40.6 Å². The quantitative estimate of drug-likeness (QED) is 0.595. The number of nitrogen functional groups attached to an aromatic ring is 1. The number of halogens is 1. The number of carbonyl (C=O) groups is 1. The molecule has 3 N–H and O–H groups in total. The number of amides is 1. The zero-order valence-corrected chi connectivity index (χ0v) is 15.2. The Hall–Kier alpha value is -2.05. The van der Waals surface area contributed by atoms with Gasteiger partial charge in [0.2, 0.25) is 5.91 Å². The van der Waals surface area contributed by atoms with E-state index < -0.39 is 0 Å². The van der Waals surface area contributed by atoms with Gasteiger partial charge in [0.15, 0.2) is 0 Å². The molecular formula is C17H19ClN2O3S. The van der Waals surface area contributed by atoms with Crippen LogP contribution in [0.25, 0.3) is 0 Å². The molecule has 0 fully saturated rings. The van der Waals surface area contributed by atoms with Gasteiger partial charge in [-0.3, -0.25) is 4.79 Å². The van der Waals surface area contributed by atoms with Crippen molar-refractivity contribution in [1.29, 1.82) is 0 Å². The summed E-state index contributed by atoms with van der Waals surface area (Å²) in [5, 5.41) is 2.93. The smallest absolute Gasteiger partial charge is 0.237 e. The lowest BCUT2D eigenvalue weighted by atomic mass is 10.2. The van der Waals surface area contributed by atoms with Crippen LogP contribution in [0.15, 0.2) is 41.3 Å². The van der Waals surface area contributed by atoms with Crippen LogP contribution in [0.5, 0.6) is 11.5 Å². The van der Waals surface area contributed by atoms with Crippen LogP contribution < -0.4 is 20.5 Å². The highest BCUT2D eigenvalue weighted by molar-refractivity contribution is 8.00. The normalized spacial score (nSPS) is 11.7. The van der Waals surface area contributed by atoms with Gasteiger partial charge in [-0.25, -0.2) is 0 Å². The van der Waals surface area contributed by atoms with E-state index in [-0.39, 0.29) is 11.2 Å². The zero-order valence-electron chi connectivity index (χ0n) is 13.6. The molecule has 0 radical (unpaired) electrons. The average molecular weight is 367 g/mol. The van der Waals surface area contributed by atoms with E-state index in [9.17, 15) is 4.79 Å². The first-order valence-corrected chi connectivity index (χ1v) is 8.45. The lowest BCUT2D eigenvalue weighted by Crippen LogP contribution is -2.22. The second-order valence-electron chi connectivity index (χ2n) is 5.01. The third-order valence-electron chi connectivity index (χ3n) is 3.29.